The van der Waals surface area contributed by atoms with Crippen molar-refractivity contribution in [2.75, 3.05) is 24.3 Å². The summed E-state index contributed by atoms with van der Waals surface area (Å²) in [7, 11) is -1.99. The maximum absolute atomic E-state index is 13.5. The van der Waals surface area contributed by atoms with Crippen molar-refractivity contribution >= 4 is 33.1 Å². The predicted molar refractivity (Wildman–Crippen MR) is 148 cm³/mol. The first-order valence-corrected chi connectivity index (χ1v) is 14.0. The van der Waals surface area contributed by atoms with Gasteiger partial charge >= 0.3 is 6.18 Å². The minimum Gasteiger partial charge on any atom is -0.495 e. The van der Waals surface area contributed by atoms with Crippen molar-refractivity contribution in [1.82, 2.24) is 4.57 Å². The number of hydrogen-bond donors (Lipinski definition) is 5. The van der Waals surface area contributed by atoms with E-state index >= 15 is 0 Å². The molecule has 2 atom stereocenters. The van der Waals surface area contributed by atoms with E-state index in [1.54, 1.807) is 24.3 Å². The molecule has 1 aromatic heterocycles. The zero-order valence-corrected chi connectivity index (χ0v) is 22.7. The standard InChI is InChI=1S/C27H33F3N4O4S/c1-17-12-19(13-18(2)38-17)33-23-7-4-8-25-22(23)14-20(34(25)16-27(28,29)30)6-5-11-32-24-10-9-21(39(31,35)36)15-26(24)37-3/h4,7-10,14-15,17-19,32-33,35-36H,11-13,16,31H2,1-3H3. The van der Waals surface area contributed by atoms with Crippen LogP contribution in [0.25, 0.3) is 10.9 Å². The first-order valence-electron chi connectivity index (χ1n) is 12.4. The van der Waals surface area contributed by atoms with Gasteiger partial charge in [-0.25, -0.2) is 5.14 Å². The lowest BCUT2D eigenvalue weighted by Crippen LogP contribution is -2.36. The summed E-state index contributed by atoms with van der Waals surface area (Å²) in [5, 5.41) is 12.6. The smallest absolute Gasteiger partial charge is 0.406 e. The average molecular weight is 567 g/mol. The van der Waals surface area contributed by atoms with Crippen LogP contribution in [0.15, 0.2) is 47.4 Å². The summed E-state index contributed by atoms with van der Waals surface area (Å²) >= 11 is 0. The zero-order valence-electron chi connectivity index (χ0n) is 21.9. The van der Waals surface area contributed by atoms with Crippen molar-refractivity contribution in [1.29, 1.82) is 0 Å². The van der Waals surface area contributed by atoms with E-state index in [4.69, 9.17) is 14.6 Å². The highest BCUT2D eigenvalue weighted by atomic mass is 32.3. The fourth-order valence-electron chi connectivity index (χ4n) is 4.89. The van der Waals surface area contributed by atoms with Gasteiger partial charge in [-0.15, -0.1) is 10.8 Å². The summed E-state index contributed by atoms with van der Waals surface area (Å²) in [5.74, 6) is 6.08. The quantitative estimate of drug-likeness (QED) is 0.222. The number of alkyl halides is 3. The maximum atomic E-state index is 13.5. The second kappa shape index (κ2) is 11.6. The van der Waals surface area contributed by atoms with Crippen LogP contribution in [-0.4, -0.2) is 51.8 Å². The van der Waals surface area contributed by atoms with Gasteiger partial charge in [0.15, 0.2) is 0 Å². The van der Waals surface area contributed by atoms with E-state index in [1.165, 1.54) is 23.8 Å². The van der Waals surface area contributed by atoms with Gasteiger partial charge in [-0.1, -0.05) is 12.0 Å². The van der Waals surface area contributed by atoms with Gasteiger partial charge in [0.1, 0.15) is 12.3 Å². The number of fused-ring (bicyclic) bond motifs is 1. The van der Waals surface area contributed by atoms with E-state index < -0.39 is 23.5 Å². The third kappa shape index (κ3) is 7.32. The number of rotatable bonds is 7. The minimum absolute atomic E-state index is 0.0930. The average Bonchev–Trinajstić information content (AvgIpc) is 3.17. The molecule has 8 nitrogen and oxygen atoms in total. The van der Waals surface area contributed by atoms with Crippen molar-refractivity contribution in [2.45, 2.75) is 62.6 Å². The van der Waals surface area contributed by atoms with Gasteiger partial charge in [0.2, 0.25) is 0 Å². The molecule has 2 unspecified atom stereocenters. The molecule has 1 aliphatic heterocycles. The molecule has 0 radical (unpaired) electrons. The fourth-order valence-corrected chi connectivity index (χ4v) is 5.43. The van der Waals surface area contributed by atoms with Gasteiger partial charge in [0, 0.05) is 23.2 Å². The summed E-state index contributed by atoms with van der Waals surface area (Å²) in [6, 6.07) is 11.5. The molecule has 0 saturated carbocycles. The Labute approximate surface area is 227 Å². The van der Waals surface area contributed by atoms with Gasteiger partial charge in [-0.05, 0) is 62.9 Å². The maximum Gasteiger partial charge on any atom is 0.406 e. The molecule has 12 heteroatoms. The van der Waals surface area contributed by atoms with E-state index in [9.17, 15) is 22.3 Å². The Morgan fingerprint density at radius 2 is 1.85 bits per heavy atom. The largest absolute Gasteiger partial charge is 0.495 e. The van der Waals surface area contributed by atoms with E-state index in [0.29, 0.717) is 22.3 Å². The summed E-state index contributed by atoms with van der Waals surface area (Å²) in [6.45, 7) is 2.97. The SMILES string of the molecule is COc1cc(S(N)(O)O)ccc1NCC#Cc1cc2c(NC3CC(C)OC(C)C3)cccc2n1CC(F)(F)F. The number of benzene rings is 2. The zero-order chi connectivity index (χ0) is 28.4. The molecule has 1 saturated heterocycles. The molecule has 4 rings (SSSR count). The number of aromatic nitrogens is 1. The first kappa shape index (κ1) is 28.9. The molecule has 0 aliphatic carbocycles. The van der Waals surface area contributed by atoms with E-state index in [2.05, 4.69) is 22.5 Å². The van der Waals surface area contributed by atoms with Crippen LogP contribution < -0.4 is 20.5 Å². The van der Waals surface area contributed by atoms with Crippen LogP contribution in [0.3, 0.4) is 0 Å². The predicted octanol–water partition coefficient (Wildman–Crippen LogP) is 6.03. The molecule has 39 heavy (non-hydrogen) atoms. The molecule has 212 valence electrons. The normalized spacial score (nSPS) is 20.3. The lowest BCUT2D eigenvalue weighted by atomic mass is 9.99. The molecule has 1 aliphatic rings. The van der Waals surface area contributed by atoms with Crippen LogP contribution in [0.1, 0.15) is 32.4 Å². The number of halogens is 3. The number of nitrogens with zero attached hydrogens (tertiary/aromatic N) is 1. The van der Waals surface area contributed by atoms with Crippen molar-refractivity contribution in [2.24, 2.45) is 5.14 Å². The van der Waals surface area contributed by atoms with Gasteiger partial charge in [0.25, 0.3) is 0 Å². The van der Waals surface area contributed by atoms with Crippen molar-refractivity contribution in [3.63, 3.8) is 0 Å². The number of anilines is 2. The van der Waals surface area contributed by atoms with Crippen LogP contribution in [0.4, 0.5) is 24.5 Å². The third-order valence-electron chi connectivity index (χ3n) is 6.44. The molecule has 2 aromatic carbocycles. The summed E-state index contributed by atoms with van der Waals surface area (Å²) in [5.41, 5.74) is 1.96. The number of methoxy groups -OCH3 is 1. The van der Waals surface area contributed by atoms with Crippen molar-refractivity contribution in [3.8, 4) is 17.6 Å². The summed E-state index contributed by atoms with van der Waals surface area (Å²) in [6.07, 6.45) is -2.64. The van der Waals surface area contributed by atoms with Crippen LogP contribution in [-0.2, 0) is 11.3 Å². The Hall–Kier alpha value is -3.08. The van der Waals surface area contributed by atoms with E-state index in [0.717, 1.165) is 18.5 Å². The molecule has 1 fully saturated rings. The fraction of sp³-hybridized carbons (Fsp3) is 0.407. The monoisotopic (exact) mass is 566 g/mol. The Morgan fingerprint density at radius 3 is 2.49 bits per heavy atom. The lowest BCUT2D eigenvalue weighted by Gasteiger charge is -2.33. The van der Waals surface area contributed by atoms with Gasteiger partial charge in [-0.2, -0.15) is 13.2 Å². The molecule has 0 amide bonds. The lowest BCUT2D eigenvalue weighted by molar-refractivity contribution is -0.140. The summed E-state index contributed by atoms with van der Waals surface area (Å²) in [4.78, 5) is 0.113. The third-order valence-corrected chi connectivity index (χ3v) is 7.39. The van der Waals surface area contributed by atoms with Crippen molar-refractivity contribution < 1.29 is 31.8 Å². The Morgan fingerprint density at radius 1 is 1.13 bits per heavy atom. The highest BCUT2D eigenvalue weighted by Crippen LogP contribution is 2.43. The van der Waals surface area contributed by atoms with Crippen molar-refractivity contribution in [3.05, 3.63) is 48.2 Å². The van der Waals surface area contributed by atoms with E-state index in [1.807, 2.05) is 19.9 Å². The van der Waals surface area contributed by atoms with E-state index in [-0.39, 0.29) is 35.4 Å². The second-order valence-corrected chi connectivity index (χ2v) is 11.3. The Bertz CT molecular complexity index is 1370. The second-order valence-electron chi connectivity index (χ2n) is 9.65. The minimum atomic E-state index is -4.43. The molecular weight excluding hydrogens is 533 g/mol. The topological polar surface area (TPSA) is 114 Å². The number of nitrogens with two attached hydrogens (primary N) is 1. The van der Waals surface area contributed by atoms with Crippen LogP contribution in [0, 0.1) is 11.8 Å². The highest BCUT2D eigenvalue weighted by molar-refractivity contribution is 8.22. The molecular formula is C27H33F3N4O4S. The Balaban J connectivity index is 1.60. The van der Waals surface area contributed by atoms with Gasteiger partial charge < -0.3 is 24.7 Å². The Kier molecular flexibility index (Phi) is 8.58. The molecule has 2 heterocycles. The van der Waals surface area contributed by atoms with Crippen LogP contribution in [0.2, 0.25) is 0 Å². The number of hydrogen-bond acceptors (Lipinski definition) is 7. The van der Waals surface area contributed by atoms with Gasteiger partial charge in [-0.3, -0.25) is 9.11 Å². The van der Waals surface area contributed by atoms with Gasteiger partial charge in [0.05, 0.1) is 47.7 Å². The van der Waals surface area contributed by atoms with Crippen LogP contribution in [0.5, 0.6) is 5.75 Å². The molecule has 0 bridgehead atoms. The number of ether oxygens (including phenoxy) is 2. The molecule has 0 spiro atoms. The number of nitrogens with one attached hydrogen (secondary N) is 2. The first-order chi connectivity index (χ1) is 18.3. The molecule has 3 aromatic rings. The highest BCUT2D eigenvalue weighted by Gasteiger charge is 2.30. The van der Waals surface area contributed by atoms with Crippen LogP contribution >= 0.6 is 10.8 Å². The summed E-state index contributed by atoms with van der Waals surface area (Å²) < 4.78 is 72.2. The molecule has 6 N–H and O–H groups in total.